The van der Waals surface area contributed by atoms with Crippen molar-refractivity contribution < 1.29 is 9.13 Å². The second-order valence-electron chi connectivity index (χ2n) is 4.75. The van der Waals surface area contributed by atoms with E-state index in [1.54, 1.807) is 11.3 Å². The molecule has 0 spiro atoms. The first-order chi connectivity index (χ1) is 9.13. The van der Waals surface area contributed by atoms with Gasteiger partial charge in [-0.1, -0.05) is 13.8 Å². The van der Waals surface area contributed by atoms with Gasteiger partial charge in [-0.2, -0.15) is 11.3 Å². The third kappa shape index (κ3) is 4.65. The number of hydrogen-bond acceptors (Lipinski definition) is 3. The second-order valence-corrected chi connectivity index (χ2v) is 5.53. The number of hydrogen-bond donors (Lipinski definition) is 1. The van der Waals surface area contributed by atoms with Crippen LogP contribution in [0.4, 0.5) is 4.39 Å². The molecule has 0 bridgehead atoms. The average Bonchev–Trinajstić information content (AvgIpc) is 2.86. The summed E-state index contributed by atoms with van der Waals surface area (Å²) in [4.78, 5) is 0. The molecule has 1 N–H and O–H groups in total. The fraction of sp³-hybridized carbons (Fsp3) is 0.333. The van der Waals surface area contributed by atoms with Crippen LogP contribution in [0, 0.1) is 5.82 Å². The van der Waals surface area contributed by atoms with E-state index in [-0.39, 0.29) is 5.82 Å². The van der Waals surface area contributed by atoms with Crippen molar-refractivity contribution in [2.45, 2.75) is 33.0 Å². The van der Waals surface area contributed by atoms with Crippen LogP contribution in [-0.2, 0) is 13.2 Å². The molecular weight excluding hydrogens is 261 g/mol. The summed E-state index contributed by atoms with van der Waals surface area (Å²) in [6.45, 7) is 5.24. The minimum Gasteiger partial charge on any atom is -0.489 e. The molecular formula is C15H18FNOS. The largest absolute Gasteiger partial charge is 0.489 e. The van der Waals surface area contributed by atoms with Crippen LogP contribution in [0.3, 0.4) is 0 Å². The molecule has 0 unspecified atom stereocenters. The first-order valence-electron chi connectivity index (χ1n) is 6.30. The van der Waals surface area contributed by atoms with Gasteiger partial charge in [-0.3, -0.25) is 0 Å². The van der Waals surface area contributed by atoms with Crippen LogP contribution in [0.5, 0.6) is 5.75 Å². The molecule has 0 amide bonds. The highest BCUT2D eigenvalue weighted by Crippen LogP contribution is 2.18. The van der Waals surface area contributed by atoms with Crippen molar-refractivity contribution in [2.24, 2.45) is 0 Å². The summed E-state index contributed by atoms with van der Waals surface area (Å²) in [5, 5.41) is 7.30. The molecule has 102 valence electrons. The smallest absolute Gasteiger partial charge is 0.127 e. The molecule has 4 heteroatoms. The normalized spacial score (nSPS) is 10.9. The summed E-state index contributed by atoms with van der Waals surface area (Å²) in [7, 11) is 0. The number of ether oxygens (including phenoxy) is 1. The van der Waals surface area contributed by atoms with Gasteiger partial charge in [0.15, 0.2) is 0 Å². The van der Waals surface area contributed by atoms with E-state index < -0.39 is 0 Å². The van der Waals surface area contributed by atoms with E-state index in [0.29, 0.717) is 24.9 Å². The van der Waals surface area contributed by atoms with Crippen LogP contribution in [0.25, 0.3) is 0 Å². The number of nitrogens with one attached hydrogen (secondary N) is 1. The topological polar surface area (TPSA) is 21.3 Å². The Morgan fingerprint density at radius 3 is 2.79 bits per heavy atom. The van der Waals surface area contributed by atoms with Gasteiger partial charge in [0.2, 0.25) is 0 Å². The SMILES string of the molecule is CC(C)NCc1cc(F)cc(OCc2ccsc2)c1. The van der Waals surface area contributed by atoms with E-state index in [4.69, 9.17) is 4.74 Å². The summed E-state index contributed by atoms with van der Waals surface area (Å²) in [6, 6.07) is 7.21. The van der Waals surface area contributed by atoms with Gasteiger partial charge in [0, 0.05) is 18.7 Å². The molecule has 2 nitrogen and oxygen atoms in total. The Balaban J connectivity index is 1.99. The first kappa shape index (κ1) is 14.0. The number of benzene rings is 1. The molecule has 1 aromatic carbocycles. The molecule has 2 rings (SSSR count). The number of rotatable bonds is 6. The minimum absolute atomic E-state index is 0.261. The molecule has 0 atom stereocenters. The zero-order chi connectivity index (χ0) is 13.7. The maximum atomic E-state index is 13.5. The van der Waals surface area contributed by atoms with E-state index in [0.717, 1.165) is 11.1 Å². The van der Waals surface area contributed by atoms with Gasteiger partial charge in [-0.15, -0.1) is 0 Å². The molecule has 1 heterocycles. The minimum atomic E-state index is -0.261. The van der Waals surface area contributed by atoms with Crippen LogP contribution >= 0.6 is 11.3 Å². The molecule has 0 saturated carbocycles. The van der Waals surface area contributed by atoms with Crippen LogP contribution < -0.4 is 10.1 Å². The van der Waals surface area contributed by atoms with E-state index >= 15 is 0 Å². The van der Waals surface area contributed by atoms with Gasteiger partial charge in [0.25, 0.3) is 0 Å². The lowest BCUT2D eigenvalue weighted by Crippen LogP contribution is -2.21. The van der Waals surface area contributed by atoms with E-state index in [1.807, 2.05) is 22.9 Å². The quantitative estimate of drug-likeness (QED) is 0.864. The van der Waals surface area contributed by atoms with Gasteiger partial charge in [-0.05, 0) is 40.1 Å². The molecule has 2 aromatic rings. The van der Waals surface area contributed by atoms with Gasteiger partial charge in [0.1, 0.15) is 18.2 Å². The van der Waals surface area contributed by atoms with Crippen molar-refractivity contribution in [3.63, 3.8) is 0 Å². The Kier molecular flexibility index (Phi) is 4.93. The lowest BCUT2D eigenvalue weighted by molar-refractivity contribution is 0.304. The fourth-order valence-electron chi connectivity index (χ4n) is 1.67. The Hall–Kier alpha value is -1.39. The fourth-order valence-corrected chi connectivity index (χ4v) is 2.32. The van der Waals surface area contributed by atoms with Crippen molar-refractivity contribution in [1.29, 1.82) is 0 Å². The van der Waals surface area contributed by atoms with Crippen LogP contribution in [-0.4, -0.2) is 6.04 Å². The predicted octanol–water partition coefficient (Wildman–Crippen LogP) is 3.96. The van der Waals surface area contributed by atoms with Gasteiger partial charge >= 0.3 is 0 Å². The highest BCUT2D eigenvalue weighted by molar-refractivity contribution is 7.07. The Bertz CT molecular complexity index is 511. The van der Waals surface area contributed by atoms with Crippen molar-refractivity contribution in [2.75, 3.05) is 0 Å². The summed E-state index contributed by atoms with van der Waals surface area (Å²) in [6.07, 6.45) is 0. The molecule has 0 radical (unpaired) electrons. The highest BCUT2D eigenvalue weighted by atomic mass is 32.1. The van der Waals surface area contributed by atoms with Gasteiger partial charge in [-0.25, -0.2) is 4.39 Å². The zero-order valence-corrected chi connectivity index (χ0v) is 12.0. The van der Waals surface area contributed by atoms with Crippen molar-refractivity contribution >= 4 is 11.3 Å². The lowest BCUT2D eigenvalue weighted by atomic mass is 10.2. The number of thiophene rings is 1. The van der Waals surface area contributed by atoms with Gasteiger partial charge < -0.3 is 10.1 Å². The molecule has 1 aromatic heterocycles. The van der Waals surface area contributed by atoms with E-state index in [2.05, 4.69) is 19.2 Å². The Morgan fingerprint density at radius 2 is 2.11 bits per heavy atom. The van der Waals surface area contributed by atoms with Crippen molar-refractivity contribution in [3.8, 4) is 5.75 Å². The third-order valence-corrected chi connectivity index (χ3v) is 3.36. The van der Waals surface area contributed by atoms with E-state index in [9.17, 15) is 4.39 Å². The Morgan fingerprint density at radius 1 is 1.26 bits per heavy atom. The molecule has 0 aliphatic rings. The zero-order valence-electron chi connectivity index (χ0n) is 11.2. The maximum absolute atomic E-state index is 13.5. The monoisotopic (exact) mass is 279 g/mol. The third-order valence-electron chi connectivity index (χ3n) is 2.63. The maximum Gasteiger partial charge on any atom is 0.127 e. The summed E-state index contributed by atoms with van der Waals surface area (Å²) in [5.41, 5.74) is 2.00. The predicted molar refractivity (Wildman–Crippen MR) is 77.0 cm³/mol. The molecule has 0 fully saturated rings. The average molecular weight is 279 g/mol. The number of halogens is 1. The van der Waals surface area contributed by atoms with Crippen molar-refractivity contribution in [1.82, 2.24) is 5.32 Å². The van der Waals surface area contributed by atoms with E-state index in [1.165, 1.54) is 12.1 Å². The molecule has 0 saturated heterocycles. The summed E-state index contributed by atoms with van der Waals surface area (Å²) in [5.74, 6) is 0.315. The Labute approximate surface area is 117 Å². The van der Waals surface area contributed by atoms with Gasteiger partial charge in [0.05, 0.1) is 0 Å². The summed E-state index contributed by atoms with van der Waals surface area (Å²) >= 11 is 1.63. The van der Waals surface area contributed by atoms with Crippen molar-refractivity contribution in [3.05, 3.63) is 52.0 Å². The highest BCUT2D eigenvalue weighted by Gasteiger charge is 2.03. The van der Waals surface area contributed by atoms with Crippen LogP contribution in [0.1, 0.15) is 25.0 Å². The standard InChI is InChI=1S/C15H18FNOS/c1-11(2)17-8-13-5-14(16)7-15(6-13)18-9-12-3-4-19-10-12/h3-7,10-11,17H,8-9H2,1-2H3. The lowest BCUT2D eigenvalue weighted by Gasteiger charge is -2.11. The summed E-state index contributed by atoms with van der Waals surface area (Å²) < 4.78 is 19.1. The molecule has 19 heavy (non-hydrogen) atoms. The van der Waals surface area contributed by atoms with Crippen LogP contribution in [0.15, 0.2) is 35.0 Å². The molecule has 0 aliphatic carbocycles. The molecule has 0 aliphatic heterocycles. The van der Waals surface area contributed by atoms with Crippen LogP contribution in [0.2, 0.25) is 0 Å². The first-order valence-corrected chi connectivity index (χ1v) is 7.24. The second kappa shape index (κ2) is 6.68.